The normalized spacial score (nSPS) is 11.7. The third-order valence-electron chi connectivity index (χ3n) is 3.06. The van der Waals surface area contributed by atoms with Crippen LogP contribution in [0.25, 0.3) is 0 Å². The van der Waals surface area contributed by atoms with E-state index < -0.39 is 10.0 Å². The Morgan fingerprint density at radius 1 is 1.12 bits per heavy atom. The van der Waals surface area contributed by atoms with Crippen molar-refractivity contribution < 1.29 is 17.9 Å². The molecule has 0 spiro atoms. The molecule has 1 N–H and O–H groups in total. The Hall–Kier alpha value is -2.54. The Bertz CT molecular complexity index is 815. The van der Waals surface area contributed by atoms with E-state index in [1.165, 1.54) is 18.3 Å². The van der Waals surface area contributed by atoms with Gasteiger partial charge in [0.1, 0.15) is 11.5 Å². The van der Waals surface area contributed by atoms with Crippen LogP contribution in [0.15, 0.2) is 58.5 Å². The third-order valence-corrected chi connectivity index (χ3v) is 4.30. The van der Waals surface area contributed by atoms with Gasteiger partial charge in [-0.3, -0.25) is 0 Å². The molecule has 134 valence electrons. The molecule has 0 aliphatic heterocycles. The summed E-state index contributed by atoms with van der Waals surface area (Å²) in [5.41, 5.74) is 0.731. The van der Waals surface area contributed by atoms with Crippen molar-refractivity contribution in [1.29, 1.82) is 0 Å². The largest absolute Gasteiger partial charge is 0.494 e. The Kier molecular flexibility index (Phi) is 6.41. The van der Waals surface area contributed by atoms with Crippen molar-refractivity contribution in [2.24, 2.45) is 5.10 Å². The first-order chi connectivity index (χ1) is 11.9. The number of nitrogens with zero attached hydrogens (tertiary/aromatic N) is 1. The highest BCUT2D eigenvalue weighted by atomic mass is 32.2. The van der Waals surface area contributed by atoms with Gasteiger partial charge < -0.3 is 9.47 Å². The molecule has 7 heteroatoms. The van der Waals surface area contributed by atoms with E-state index in [9.17, 15) is 8.42 Å². The molecule has 0 aliphatic carbocycles. The summed E-state index contributed by atoms with van der Waals surface area (Å²) in [5.74, 6) is 1.32. The number of hydrazone groups is 1. The number of hydrogen-bond donors (Lipinski definition) is 1. The number of benzene rings is 2. The summed E-state index contributed by atoms with van der Waals surface area (Å²) in [5, 5.41) is 3.81. The predicted molar refractivity (Wildman–Crippen MR) is 97.7 cm³/mol. The second-order valence-electron chi connectivity index (χ2n) is 5.50. The molecular formula is C18H22N2O4S. The molecule has 2 aromatic carbocycles. The first-order valence-corrected chi connectivity index (χ1v) is 9.43. The Labute approximate surface area is 148 Å². The van der Waals surface area contributed by atoms with Crippen LogP contribution in [0.2, 0.25) is 0 Å². The van der Waals surface area contributed by atoms with Crippen LogP contribution in [-0.4, -0.2) is 27.3 Å². The SMILES string of the molecule is CCOc1cccc(/C=N/NS(=O)(=O)c2ccc(OC(C)C)cc2)c1. The Morgan fingerprint density at radius 2 is 1.84 bits per heavy atom. The minimum Gasteiger partial charge on any atom is -0.494 e. The topological polar surface area (TPSA) is 77.0 Å². The quantitative estimate of drug-likeness (QED) is 0.578. The van der Waals surface area contributed by atoms with Crippen molar-refractivity contribution in [2.45, 2.75) is 31.8 Å². The van der Waals surface area contributed by atoms with Gasteiger partial charge in [-0.25, -0.2) is 4.83 Å². The minimum absolute atomic E-state index is 0.0256. The maximum atomic E-state index is 12.2. The number of sulfonamides is 1. The molecule has 6 nitrogen and oxygen atoms in total. The fourth-order valence-electron chi connectivity index (χ4n) is 2.04. The van der Waals surface area contributed by atoms with Crippen molar-refractivity contribution in [3.8, 4) is 11.5 Å². The third kappa shape index (κ3) is 5.79. The minimum atomic E-state index is -3.73. The molecule has 0 heterocycles. The molecule has 0 atom stereocenters. The molecule has 0 unspecified atom stereocenters. The summed E-state index contributed by atoms with van der Waals surface area (Å²) in [6, 6.07) is 13.4. The monoisotopic (exact) mass is 362 g/mol. The first-order valence-electron chi connectivity index (χ1n) is 7.95. The number of ether oxygens (including phenoxy) is 2. The van der Waals surface area contributed by atoms with E-state index in [0.29, 0.717) is 18.1 Å². The maximum Gasteiger partial charge on any atom is 0.276 e. The zero-order valence-corrected chi connectivity index (χ0v) is 15.3. The van der Waals surface area contributed by atoms with Crippen molar-refractivity contribution in [1.82, 2.24) is 4.83 Å². The number of rotatable bonds is 8. The van der Waals surface area contributed by atoms with Gasteiger partial charge in [0, 0.05) is 0 Å². The number of nitrogens with one attached hydrogen (secondary N) is 1. The summed E-state index contributed by atoms with van der Waals surface area (Å²) in [6.07, 6.45) is 1.45. The molecular weight excluding hydrogens is 340 g/mol. The lowest BCUT2D eigenvalue weighted by Crippen LogP contribution is -2.18. The molecule has 0 bridgehead atoms. The van der Waals surface area contributed by atoms with Crippen LogP contribution in [-0.2, 0) is 10.0 Å². The molecule has 0 fully saturated rings. The number of hydrogen-bond acceptors (Lipinski definition) is 5. The van der Waals surface area contributed by atoms with Crippen LogP contribution in [0.1, 0.15) is 26.3 Å². The van der Waals surface area contributed by atoms with Crippen LogP contribution < -0.4 is 14.3 Å². The van der Waals surface area contributed by atoms with Gasteiger partial charge in [0.15, 0.2) is 0 Å². The zero-order chi connectivity index (χ0) is 18.3. The average molecular weight is 362 g/mol. The van der Waals surface area contributed by atoms with Gasteiger partial charge in [0.2, 0.25) is 0 Å². The molecule has 2 aromatic rings. The van der Waals surface area contributed by atoms with Crippen LogP contribution in [0, 0.1) is 0 Å². The molecule has 0 aliphatic rings. The van der Waals surface area contributed by atoms with Gasteiger partial charge in [-0.05, 0) is 62.7 Å². The molecule has 0 saturated heterocycles. The lowest BCUT2D eigenvalue weighted by atomic mass is 10.2. The van der Waals surface area contributed by atoms with Gasteiger partial charge in [-0.1, -0.05) is 12.1 Å². The Morgan fingerprint density at radius 3 is 2.48 bits per heavy atom. The predicted octanol–water partition coefficient (Wildman–Crippen LogP) is 3.18. The van der Waals surface area contributed by atoms with Crippen LogP contribution in [0.3, 0.4) is 0 Å². The molecule has 2 rings (SSSR count). The highest BCUT2D eigenvalue weighted by molar-refractivity contribution is 7.89. The van der Waals surface area contributed by atoms with Gasteiger partial charge >= 0.3 is 0 Å². The van der Waals surface area contributed by atoms with E-state index in [-0.39, 0.29) is 11.0 Å². The highest BCUT2D eigenvalue weighted by Crippen LogP contribution is 2.17. The van der Waals surface area contributed by atoms with E-state index in [1.807, 2.05) is 32.9 Å². The fourth-order valence-corrected chi connectivity index (χ4v) is 2.84. The average Bonchev–Trinajstić information content (AvgIpc) is 2.55. The van der Waals surface area contributed by atoms with Crippen molar-refractivity contribution in [3.05, 3.63) is 54.1 Å². The lowest BCUT2D eigenvalue weighted by Gasteiger charge is -2.10. The second-order valence-corrected chi connectivity index (χ2v) is 7.16. The van der Waals surface area contributed by atoms with E-state index in [0.717, 1.165) is 5.56 Å². The smallest absolute Gasteiger partial charge is 0.276 e. The van der Waals surface area contributed by atoms with E-state index >= 15 is 0 Å². The van der Waals surface area contributed by atoms with Crippen molar-refractivity contribution >= 4 is 16.2 Å². The summed E-state index contributed by atoms with van der Waals surface area (Å²) in [4.78, 5) is 2.31. The van der Waals surface area contributed by atoms with Crippen LogP contribution in [0.4, 0.5) is 0 Å². The van der Waals surface area contributed by atoms with Gasteiger partial charge in [0.25, 0.3) is 10.0 Å². The zero-order valence-electron chi connectivity index (χ0n) is 14.5. The van der Waals surface area contributed by atoms with Crippen LogP contribution >= 0.6 is 0 Å². The molecule has 0 saturated carbocycles. The van der Waals surface area contributed by atoms with Crippen LogP contribution in [0.5, 0.6) is 11.5 Å². The van der Waals surface area contributed by atoms with Gasteiger partial charge in [0.05, 0.1) is 23.8 Å². The van der Waals surface area contributed by atoms with Gasteiger partial charge in [-0.2, -0.15) is 13.5 Å². The van der Waals surface area contributed by atoms with Crippen molar-refractivity contribution in [3.63, 3.8) is 0 Å². The van der Waals surface area contributed by atoms with Gasteiger partial charge in [-0.15, -0.1) is 0 Å². The lowest BCUT2D eigenvalue weighted by molar-refractivity contribution is 0.242. The molecule has 25 heavy (non-hydrogen) atoms. The molecule has 0 aromatic heterocycles. The molecule has 0 radical (unpaired) electrons. The fraction of sp³-hybridized carbons (Fsp3) is 0.278. The summed E-state index contributed by atoms with van der Waals surface area (Å²) in [7, 11) is -3.73. The van der Waals surface area contributed by atoms with E-state index in [4.69, 9.17) is 9.47 Å². The summed E-state index contributed by atoms with van der Waals surface area (Å²) in [6.45, 7) is 6.26. The van der Waals surface area contributed by atoms with E-state index in [2.05, 4.69) is 9.93 Å². The second kappa shape index (κ2) is 8.53. The summed E-state index contributed by atoms with van der Waals surface area (Å²) < 4.78 is 35.4. The standard InChI is InChI=1S/C18H22N2O4S/c1-4-23-17-7-5-6-15(12-17)13-19-20-25(21,22)18-10-8-16(9-11-18)24-14(2)3/h5-14,20H,4H2,1-3H3/b19-13+. The highest BCUT2D eigenvalue weighted by Gasteiger charge is 2.12. The van der Waals surface area contributed by atoms with E-state index in [1.54, 1.807) is 24.3 Å². The Balaban J connectivity index is 2.04. The van der Waals surface area contributed by atoms with Crippen molar-refractivity contribution in [2.75, 3.05) is 6.61 Å². The molecule has 0 amide bonds. The summed E-state index contributed by atoms with van der Waals surface area (Å²) >= 11 is 0. The maximum absolute atomic E-state index is 12.2. The first kappa shape index (κ1) is 18.8.